The van der Waals surface area contributed by atoms with Crippen molar-refractivity contribution >= 4 is 5.97 Å². The molecule has 3 spiro atoms. The minimum absolute atomic E-state index is 0.0316. The molecule has 0 saturated carbocycles. The van der Waals surface area contributed by atoms with Gasteiger partial charge in [-0.15, -0.1) is 0 Å². The molecule has 0 radical (unpaired) electrons. The van der Waals surface area contributed by atoms with Crippen molar-refractivity contribution in [3.05, 3.63) is 24.3 Å². The fourth-order valence-electron chi connectivity index (χ4n) is 18.9. The summed E-state index contributed by atoms with van der Waals surface area (Å²) in [6.07, 6.45) is -3.21. The van der Waals surface area contributed by atoms with E-state index in [4.69, 9.17) is 75.8 Å². The van der Waals surface area contributed by atoms with Crippen molar-refractivity contribution in [3.63, 3.8) is 0 Å². The zero-order valence-corrected chi connectivity index (χ0v) is 47.7. The van der Waals surface area contributed by atoms with Crippen LogP contribution in [0.2, 0.25) is 0 Å². The summed E-state index contributed by atoms with van der Waals surface area (Å²) < 4.78 is 109. The van der Waals surface area contributed by atoms with Crippen LogP contribution in [-0.2, 0) is 80.6 Å². The molecule has 21 heteroatoms. The zero-order chi connectivity index (χ0) is 56.1. The average molecular weight is 1160 g/mol. The number of aliphatic hydroxyl groups is 4. The summed E-state index contributed by atoms with van der Waals surface area (Å²) >= 11 is 0. The quantitative estimate of drug-likeness (QED) is 0.228. The number of aliphatic hydroxyl groups excluding tert-OH is 3. The third-order valence-electron chi connectivity index (χ3n) is 22.9. The number of hydrogen-bond donors (Lipinski definition) is 4. The second-order valence-corrected chi connectivity index (χ2v) is 28.4. The molecule has 17 saturated heterocycles. The normalized spacial score (nSPS) is 59.6. The monoisotopic (exact) mass is 1150 g/mol. The first-order valence-corrected chi connectivity index (χ1v) is 31.6. The molecule has 4 N–H and O–H groups in total. The van der Waals surface area contributed by atoms with E-state index in [1.54, 1.807) is 0 Å². The van der Waals surface area contributed by atoms with Gasteiger partial charge in [-0.05, 0) is 73.8 Å². The number of fused-ring (bicyclic) bond motifs is 11. The van der Waals surface area contributed by atoms with E-state index < -0.39 is 108 Å². The molecule has 0 aliphatic carbocycles. The maximum atomic E-state index is 14.6. The van der Waals surface area contributed by atoms with E-state index in [9.17, 15) is 25.2 Å². The van der Waals surface area contributed by atoms with Gasteiger partial charge in [-0.3, -0.25) is 4.79 Å². The van der Waals surface area contributed by atoms with E-state index in [-0.39, 0.29) is 122 Å². The van der Waals surface area contributed by atoms with E-state index in [0.717, 1.165) is 24.0 Å². The van der Waals surface area contributed by atoms with Crippen molar-refractivity contribution in [2.75, 3.05) is 6.61 Å². The molecule has 17 rings (SSSR count). The van der Waals surface area contributed by atoms with Crippen molar-refractivity contribution in [2.45, 2.75) is 319 Å². The molecule has 17 aliphatic heterocycles. The summed E-state index contributed by atoms with van der Waals surface area (Å²) in [6, 6.07) is 0. The lowest BCUT2D eigenvalue weighted by molar-refractivity contribution is -0.369. The van der Waals surface area contributed by atoms with Gasteiger partial charge >= 0.3 is 5.97 Å². The molecule has 34 atom stereocenters. The number of rotatable bonds is 2. The fraction of sp³-hybridized carbons (Fsp3) is 0.918. The highest BCUT2D eigenvalue weighted by Crippen LogP contribution is 2.60. The van der Waals surface area contributed by atoms with Crippen LogP contribution in [0.3, 0.4) is 0 Å². The second kappa shape index (κ2) is 20.1. The van der Waals surface area contributed by atoms with Gasteiger partial charge in [-0.1, -0.05) is 40.9 Å². The summed E-state index contributed by atoms with van der Waals surface area (Å²) in [5, 5.41) is 43.8. The molecule has 0 aromatic heterocycles. The Labute approximate surface area is 478 Å². The summed E-state index contributed by atoms with van der Waals surface area (Å²) in [5.41, 5.74) is 2.01. The molecule has 0 aromatic carbocycles. The maximum Gasteiger partial charge on any atom is 0.308 e. The summed E-state index contributed by atoms with van der Waals surface area (Å²) in [6.45, 7) is 17.4. The average Bonchev–Trinajstić information content (AvgIpc) is 2.14. The maximum absolute atomic E-state index is 14.6. The van der Waals surface area contributed by atoms with Crippen LogP contribution in [0.25, 0.3) is 0 Å². The van der Waals surface area contributed by atoms with Gasteiger partial charge in [0, 0.05) is 63.7 Å². The molecule has 20 unspecified atom stereocenters. The Morgan fingerprint density at radius 3 is 2.06 bits per heavy atom. The first-order valence-electron chi connectivity index (χ1n) is 31.6. The van der Waals surface area contributed by atoms with Gasteiger partial charge in [0.1, 0.15) is 42.7 Å². The smallest absolute Gasteiger partial charge is 0.308 e. The molecule has 17 heterocycles. The van der Waals surface area contributed by atoms with E-state index in [0.29, 0.717) is 83.5 Å². The Kier molecular flexibility index (Phi) is 13.6. The van der Waals surface area contributed by atoms with Crippen LogP contribution in [0.5, 0.6) is 0 Å². The van der Waals surface area contributed by atoms with Crippen LogP contribution in [0.4, 0.5) is 0 Å². The lowest BCUT2D eigenvalue weighted by Crippen LogP contribution is -2.63. The summed E-state index contributed by atoms with van der Waals surface area (Å²) in [5.74, 6) is -5.68. The lowest BCUT2D eigenvalue weighted by atomic mass is 9.78. The van der Waals surface area contributed by atoms with Crippen molar-refractivity contribution < 1.29 is 101 Å². The Hall–Kier alpha value is -1.81. The van der Waals surface area contributed by atoms with E-state index in [1.165, 1.54) is 0 Å². The van der Waals surface area contributed by atoms with Gasteiger partial charge in [0.05, 0.1) is 123 Å². The number of esters is 1. The van der Waals surface area contributed by atoms with Gasteiger partial charge in [0.15, 0.2) is 17.7 Å². The molecule has 21 nitrogen and oxygen atoms in total. The lowest BCUT2D eigenvalue weighted by Gasteiger charge is -2.54. The molecule has 0 aromatic rings. The van der Waals surface area contributed by atoms with Gasteiger partial charge in [0.2, 0.25) is 11.6 Å². The highest BCUT2D eigenvalue weighted by Gasteiger charge is 2.79. The molecule has 17 fully saturated rings. The van der Waals surface area contributed by atoms with Crippen LogP contribution in [-0.4, -0.2) is 215 Å². The minimum Gasteiger partial charge on any atom is -0.459 e. The van der Waals surface area contributed by atoms with Crippen LogP contribution >= 0.6 is 0 Å². The number of carbonyl (C=O) groups excluding carboxylic acids is 1. The van der Waals surface area contributed by atoms with Crippen molar-refractivity contribution in [3.8, 4) is 0 Å². The molecule has 17 aliphatic rings. The molecule has 456 valence electrons. The standard InChI is InChI=1S/C61H86O21/c1-25-13-31-7-9-35-26(2)14-33(67-35)11-12-60-57(65)61(66)56(82-60)55-54(81-61)53(80-60)52-36(72-55)10-8-32(69-52)15-47(64)75-51-30(6)50-43(71-42(51)16-37(68-31)29(25)5)19-41-45(74-50)22-59(76-41)23-46-49(79-59)28(4)21-58(78-46)20-27(3)48-44(77-58)18-39-40(73-48)17-38(70-39)34(63)24-62/h25,27-28,30-46,48-57,62-63,65-66H,2,5,7-24H2,1,3-4,6H3/t25-,27+,28+,30+,31?,32?,33?,34?,35?,36?,37?,38?,39?,40?,41-,42+,43+,44?,45-,46?,48?,49?,50+,51?,52+,53?,54?,55-,56?,57?,58-,59+,60-,61?/m1/s1. The largest absolute Gasteiger partial charge is 0.459 e. The third-order valence-corrected chi connectivity index (χ3v) is 22.9. The van der Waals surface area contributed by atoms with Crippen LogP contribution < -0.4 is 0 Å². The van der Waals surface area contributed by atoms with Crippen molar-refractivity contribution in [2.24, 2.45) is 23.7 Å². The molecule has 0 amide bonds. The fourth-order valence-corrected chi connectivity index (χ4v) is 18.9. The summed E-state index contributed by atoms with van der Waals surface area (Å²) in [7, 11) is 0. The van der Waals surface area contributed by atoms with E-state index in [2.05, 4.69) is 40.9 Å². The minimum atomic E-state index is -2.03. The Bertz CT molecular complexity index is 2500. The van der Waals surface area contributed by atoms with Crippen LogP contribution in [0.1, 0.15) is 137 Å². The Balaban J connectivity index is 0.633. The second-order valence-electron chi connectivity index (χ2n) is 28.4. The Morgan fingerprint density at radius 1 is 0.537 bits per heavy atom. The molecule has 12 bridgehead atoms. The topological polar surface area (TPSA) is 246 Å². The van der Waals surface area contributed by atoms with Gasteiger partial charge < -0.3 is 96.2 Å². The van der Waals surface area contributed by atoms with Crippen LogP contribution in [0.15, 0.2) is 24.3 Å². The van der Waals surface area contributed by atoms with Gasteiger partial charge in [-0.2, -0.15) is 0 Å². The Morgan fingerprint density at radius 2 is 1.22 bits per heavy atom. The highest BCUT2D eigenvalue weighted by atomic mass is 16.8. The van der Waals surface area contributed by atoms with Gasteiger partial charge in [-0.25, -0.2) is 0 Å². The van der Waals surface area contributed by atoms with E-state index in [1.807, 2.05) is 0 Å². The summed E-state index contributed by atoms with van der Waals surface area (Å²) in [4.78, 5) is 14.6. The number of carbonyl (C=O) groups is 1. The molecule has 82 heavy (non-hydrogen) atoms. The van der Waals surface area contributed by atoms with Crippen LogP contribution in [0, 0.1) is 23.7 Å². The van der Waals surface area contributed by atoms with Crippen molar-refractivity contribution in [1.82, 2.24) is 0 Å². The molecular formula is C61H86O21. The predicted octanol–water partition coefficient (Wildman–Crippen LogP) is 3.62. The first kappa shape index (κ1) is 55.5. The number of ether oxygens (including phenoxy) is 16. The van der Waals surface area contributed by atoms with Gasteiger partial charge in [0.25, 0.3) is 0 Å². The zero-order valence-electron chi connectivity index (χ0n) is 47.7. The predicted molar refractivity (Wildman–Crippen MR) is 279 cm³/mol. The third kappa shape index (κ3) is 8.87. The highest BCUT2D eigenvalue weighted by molar-refractivity contribution is 5.70. The number of hydrogen-bond acceptors (Lipinski definition) is 21. The SMILES string of the molecule is C=C1CC2CC[C@@]34OC5C6OC(O)(C(O3)[C@@H]6OC3CCC(CC(=O)OC6[C@H](CC7OC(CCC1O2)C[C@@H](C)C7=C)O[C@H]1C[C@H]2O[C@@]7(CC8O[C@]9(C[C@H](C)C%10OC%11CC(C(O)CO)OC%11CC%10O9)C[C@H](C)C8O7)C[C@H]2O[C@H]1[C@@H]6C)O[C@@H]35)C4O. The van der Waals surface area contributed by atoms with Crippen molar-refractivity contribution in [1.29, 1.82) is 0 Å². The first-order chi connectivity index (χ1) is 39.3. The van der Waals surface area contributed by atoms with E-state index >= 15 is 0 Å². The molecular weight excluding hydrogens is 1070 g/mol.